The monoisotopic (exact) mass is 312 g/mol. The molecular weight excluding hydrogens is 292 g/mol. The molecule has 21 heavy (non-hydrogen) atoms. The van der Waals surface area contributed by atoms with Gasteiger partial charge in [0, 0.05) is 24.5 Å². The Morgan fingerprint density at radius 3 is 3.10 bits per heavy atom. The highest BCUT2D eigenvalue weighted by Crippen LogP contribution is 2.15. The van der Waals surface area contributed by atoms with E-state index in [1.807, 2.05) is 0 Å². The Kier molecular flexibility index (Phi) is 5.38. The normalized spacial score (nSPS) is 18.3. The summed E-state index contributed by atoms with van der Waals surface area (Å²) in [6, 6.07) is -0.0535. The summed E-state index contributed by atoms with van der Waals surface area (Å²) in [5, 5.41) is 5.05. The molecule has 1 aromatic rings. The van der Waals surface area contributed by atoms with Crippen molar-refractivity contribution in [2.45, 2.75) is 32.2 Å². The summed E-state index contributed by atoms with van der Waals surface area (Å²) in [5.41, 5.74) is 6.26. The zero-order valence-corrected chi connectivity index (χ0v) is 12.8. The van der Waals surface area contributed by atoms with Crippen molar-refractivity contribution in [2.24, 2.45) is 0 Å². The Morgan fingerprint density at radius 1 is 1.62 bits per heavy atom. The van der Waals surface area contributed by atoms with Crippen LogP contribution in [0.1, 0.15) is 25.5 Å². The van der Waals surface area contributed by atoms with Crippen LogP contribution in [-0.4, -0.2) is 47.6 Å². The van der Waals surface area contributed by atoms with E-state index in [1.165, 1.54) is 11.3 Å². The summed E-state index contributed by atoms with van der Waals surface area (Å²) in [6.07, 6.45) is 1.54. The van der Waals surface area contributed by atoms with Crippen LogP contribution in [0.25, 0.3) is 0 Å². The van der Waals surface area contributed by atoms with E-state index in [2.05, 4.69) is 10.3 Å². The molecule has 8 heteroatoms. The van der Waals surface area contributed by atoms with Gasteiger partial charge >= 0.3 is 6.09 Å². The smallest absolute Gasteiger partial charge is 0.407 e. The minimum absolute atomic E-state index is 0.00987. The van der Waals surface area contributed by atoms with Gasteiger partial charge in [0.1, 0.15) is 0 Å². The van der Waals surface area contributed by atoms with Gasteiger partial charge in [-0.1, -0.05) is 0 Å². The van der Waals surface area contributed by atoms with Crippen molar-refractivity contribution in [3.05, 3.63) is 11.1 Å². The van der Waals surface area contributed by atoms with Crippen molar-refractivity contribution in [3.8, 4) is 0 Å². The number of rotatable bonds is 4. The highest BCUT2D eigenvalue weighted by molar-refractivity contribution is 7.13. The first-order valence-corrected chi connectivity index (χ1v) is 7.87. The first kappa shape index (κ1) is 15.6. The number of hydrogen-bond acceptors (Lipinski definition) is 6. The summed E-state index contributed by atoms with van der Waals surface area (Å²) in [7, 11) is 0. The van der Waals surface area contributed by atoms with E-state index in [0.717, 1.165) is 12.8 Å². The number of piperidine rings is 1. The Morgan fingerprint density at radius 2 is 2.43 bits per heavy atom. The van der Waals surface area contributed by atoms with Crippen molar-refractivity contribution in [1.29, 1.82) is 0 Å². The molecule has 2 amide bonds. The van der Waals surface area contributed by atoms with E-state index in [-0.39, 0.29) is 18.4 Å². The maximum atomic E-state index is 12.2. The molecule has 1 aliphatic heterocycles. The van der Waals surface area contributed by atoms with Gasteiger partial charge in [0.05, 0.1) is 18.7 Å². The number of ether oxygens (including phenoxy) is 1. The molecule has 1 aliphatic rings. The third kappa shape index (κ3) is 4.59. The lowest BCUT2D eigenvalue weighted by Crippen LogP contribution is -2.50. The SMILES string of the molecule is CCOC(=O)NC1CCCN(C(=O)Cc2csc(N)n2)C1. The van der Waals surface area contributed by atoms with E-state index in [9.17, 15) is 9.59 Å². The third-order valence-electron chi connectivity index (χ3n) is 3.27. The van der Waals surface area contributed by atoms with E-state index in [4.69, 9.17) is 10.5 Å². The number of carbonyl (C=O) groups excluding carboxylic acids is 2. The first-order chi connectivity index (χ1) is 10.1. The summed E-state index contributed by atoms with van der Waals surface area (Å²) in [4.78, 5) is 29.5. The molecule has 0 spiro atoms. The molecule has 2 rings (SSSR count). The number of hydrogen-bond donors (Lipinski definition) is 2. The van der Waals surface area contributed by atoms with Crippen LogP contribution in [0.2, 0.25) is 0 Å². The van der Waals surface area contributed by atoms with Gasteiger partial charge in [-0.15, -0.1) is 11.3 Å². The van der Waals surface area contributed by atoms with Crippen molar-refractivity contribution in [2.75, 3.05) is 25.4 Å². The molecule has 1 fully saturated rings. The predicted octanol–water partition coefficient (Wildman–Crippen LogP) is 1.00. The lowest BCUT2D eigenvalue weighted by molar-refractivity contribution is -0.131. The summed E-state index contributed by atoms with van der Waals surface area (Å²) in [6.45, 7) is 3.32. The van der Waals surface area contributed by atoms with Crippen LogP contribution in [0.15, 0.2) is 5.38 Å². The average Bonchev–Trinajstić information content (AvgIpc) is 2.84. The van der Waals surface area contributed by atoms with Crippen LogP contribution >= 0.6 is 11.3 Å². The standard InChI is InChI=1S/C13H20N4O3S/c1-2-20-13(19)16-9-4-3-5-17(7-9)11(18)6-10-8-21-12(14)15-10/h8-9H,2-7H2,1H3,(H2,14,15)(H,16,19). The number of thiazole rings is 1. The molecule has 0 saturated carbocycles. The van der Waals surface area contributed by atoms with Gasteiger partial charge < -0.3 is 20.7 Å². The van der Waals surface area contributed by atoms with Gasteiger partial charge in [0.25, 0.3) is 0 Å². The number of amides is 2. The number of anilines is 1. The van der Waals surface area contributed by atoms with Crippen molar-refractivity contribution >= 4 is 28.5 Å². The fraction of sp³-hybridized carbons (Fsp3) is 0.615. The number of nitrogen functional groups attached to an aromatic ring is 1. The van der Waals surface area contributed by atoms with Gasteiger partial charge in [-0.25, -0.2) is 9.78 Å². The molecular formula is C13H20N4O3S. The number of nitrogens with two attached hydrogens (primary N) is 1. The second-order valence-corrected chi connectivity index (χ2v) is 5.79. The van der Waals surface area contributed by atoms with Gasteiger partial charge in [-0.05, 0) is 19.8 Å². The molecule has 3 N–H and O–H groups in total. The molecule has 0 radical (unpaired) electrons. The lowest BCUT2D eigenvalue weighted by Gasteiger charge is -2.32. The zero-order chi connectivity index (χ0) is 15.2. The Bertz CT molecular complexity index is 505. The molecule has 116 valence electrons. The topological polar surface area (TPSA) is 97.5 Å². The fourth-order valence-corrected chi connectivity index (χ4v) is 2.89. The molecule has 1 saturated heterocycles. The van der Waals surface area contributed by atoms with Gasteiger partial charge in [0.15, 0.2) is 5.13 Å². The Labute approximate surface area is 127 Å². The van der Waals surface area contributed by atoms with Crippen molar-refractivity contribution in [3.63, 3.8) is 0 Å². The van der Waals surface area contributed by atoms with Crippen LogP contribution in [0.3, 0.4) is 0 Å². The van der Waals surface area contributed by atoms with E-state index in [1.54, 1.807) is 17.2 Å². The number of alkyl carbamates (subject to hydrolysis) is 1. The highest BCUT2D eigenvalue weighted by Gasteiger charge is 2.25. The van der Waals surface area contributed by atoms with Crippen LogP contribution < -0.4 is 11.1 Å². The first-order valence-electron chi connectivity index (χ1n) is 6.99. The molecule has 1 atom stereocenters. The number of likely N-dealkylation sites (tertiary alicyclic amines) is 1. The molecule has 0 aliphatic carbocycles. The van der Waals surface area contributed by atoms with Crippen LogP contribution in [0.4, 0.5) is 9.93 Å². The Hall–Kier alpha value is -1.83. The number of nitrogens with zero attached hydrogens (tertiary/aromatic N) is 2. The lowest BCUT2D eigenvalue weighted by atomic mass is 10.1. The molecule has 0 aromatic carbocycles. The number of aromatic nitrogens is 1. The molecule has 2 heterocycles. The zero-order valence-electron chi connectivity index (χ0n) is 12.0. The number of nitrogens with one attached hydrogen (secondary N) is 1. The van der Waals surface area contributed by atoms with Crippen LogP contribution in [-0.2, 0) is 16.0 Å². The van der Waals surface area contributed by atoms with Gasteiger partial charge in [-0.3, -0.25) is 4.79 Å². The van der Waals surface area contributed by atoms with E-state index < -0.39 is 6.09 Å². The predicted molar refractivity (Wildman–Crippen MR) is 80.0 cm³/mol. The minimum atomic E-state index is -0.427. The average molecular weight is 312 g/mol. The fourth-order valence-electron chi connectivity index (χ4n) is 2.33. The van der Waals surface area contributed by atoms with Crippen LogP contribution in [0, 0.1) is 0 Å². The second kappa shape index (κ2) is 7.26. The molecule has 1 aromatic heterocycles. The maximum Gasteiger partial charge on any atom is 0.407 e. The van der Waals surface area contributed by atoms with Gasteiger partial charge in [0.2, 0.25) is 5.91 Å². The Balaban J connectivity index is 1.85. The quantitative estimate of drug-likeness (QED) is 0.864. The largest absolute Gasteiger partial charge is 0.450 e. The van der Waals surface area contributed by atoms with E-state index in [0.29, 0.717) is 30.5 Å². The number of carbonyl (C=O) groups is 2. The molecule has 7 nitrogen and oxygen atoms in total. The van der Waals surface area contributed by atoms with Crippen molar-refractivity contribution < 1.29 is 14.3 Å². The highest BCUT2D eigenvalue weighted by atomic mass is 32.1. The van der Waals surface area contributed by atoms with Gasteiger partial charge in [-0.2, -0.15) is 0 Å². The summed E-state index contributed by atoms with van der Waals surface area (Å²) < 4.78 is 4.86. The maximum absolute atomic E-state index is 12.2. The second-order valence-electron chi connectivity index (χ2n) is 4.90. The van der Waals surface area contributed by atoms with Crippen molar-refractivity contribution in [1.82, 2.24) is 15.2 Å². The van der Waals surface area contributed by atoms with Crippen LogP contribution in [0.5, 0.6) is 0 Å². The summed E-state index contributed by atoms with van der Waals surface area (Å²) >= 11 is 1.33. The third-order valence-corrected chi connectivity index (χ3v) is 4.00. The summed E-state index contributed by atoms with van der Waals surface area (Å²) in [5.74, 6) is 0.00987. The molecule has 1 unspecified atom stereocenters. The minimum Gasteiger partial charge on any atom is -0.450 e. The van der Waals surface area contributed by atoms with E-state index >= 15 is 0 Å². The molecule has 0 bridgehead atoms.